The smallest absolute Gasteiger partial charge is 0.265 e. The molecule has 144 valence electrons. The Balaban J connectivity index is 1.94. The van der Waals surface area contributed by atoms with Gasteiger partial charge in [0.2, 0.25) is 10.0 Å². The van der Waals surface area contributed by atoms with Crippen LogP contribution >= 0.6 is 15.9 Å². The van der Waals surface area contributed by atoms with E-state index >= 15 is 0 Å². The van der Waals surface area contributed by atoms with Crippen molar-refractivity contribution in [1.82, 2.24) is 4.72 Å². The standard InChI is InChI=1S/C17H15BrF2N2O4S/c1-2-14-17(23)22-13-5-10(18)6-15(16(13)26-14)27(24,25)21-8-9-3-4-11(19)7-12(9)20/h3-7,14,21H,2,8H2,1H3,(H,22,23). The average Bonchev–Trinajstić information content (AvgIpc) is 2.59. The molecule has 2 aromatic carbocycles. The zero-order valence-corrected chi connectivity index (χ0v) is 16.5. The maximum absolute atomic E-state index is 13.8. The van der Waals surface area contributed by atoms with E-state index in [4.69, 9.17) is 4.74 Å². The molecule has 1 aliphatic rings. The number of rotatable bonds is 5. The number of ether oxygens (including phenoxy) is 1. The first-order valence-corrected chi connectivity index (χ1v) is 10.2. The van der Waals surface area contributed by atoms with Gasteiger partial charge in [-0.1, -0.05) is 28.9 Å². The van der Waals surface area contributed by atoms with Crippen LogP contribution in [0, 0.1) is 11.6 Å². The Kier molecular flexibility index (Phi) is 5.50. The number of benzene rings is 2. The molecule has 10 heteroatoms. The number of amides is 1. The summed E-state index contributed by atoms with van der Waals surface area (Å²) in [6.07, 6.45) is -0.461. The number of hydrogen-bond donors (Lipinski definition) is 2. The van der Waals surface area contributed by atoms with Crippen molar-refractivity contribution in [3.05, 3.63) is 52.0 Å². The first kappa shape index (κ1) is 19.7. The lowest BCUT2D eigenvalue weighted by atomic mass is 10.2. The van der Waals surface area contributed by atoms with Crippen molar-refractivity contribution >= 4 is 37.5 Å². The molecule has 6 nitrogen and oxygen atoms in total. The minimum Gasteiger partial charge on any atom is -0.477 e. The van der Waals surface area contributed by atoms with Crippen molar-refractivity contribution in [3.8, 4) is 5.75 Å². The van der Waals surface area contributed by atoms with Crippen LogP contribution in [0.4, 0.5) is 14.5 Å². The summed E-state index contributed by atoms with van der Waals surface area (Å²) in [5.74, 6) is -1.97. The Morgan fingerprint density at radius 3 is 2.67 bits per heavy atom. The number of anilines is 1. The van der Waals surface area contributed by atoms with Gasteiger partial charge < -0.3 is 10.1 Å². The lowest BCUT2D eigenvalue weighted by Gasteiger charge is -2.27. The highest BCUT2D eigenvalue weighted by molar-refractivity contribution is 9.10. The fourth-order valence-electron chi connectivity index (χ4n) is 2.58. The number of nitrogens with one attached hydrogen (secondary N) is 2. The fraction of sp³-hybridized carbons (Fsp3) is 0.235. The second-order valence-corrected chi connectivity index (χ2v) is 8.50. The quantitative estimate of drug-likeness (QED) is 0.716. The van der Waals surface area contributed by atoms with E-state index in [1.54, 1.807) is 6.92 Å². The van der Waals surface area contributed by atoms with E-state index in [0.29, 0.717) is 17.0 Å². The molecule has 3 rings (SSSR count). The Morgan fingerprint density at radius 1 is 1.26 bits per heavy atom. The van der Waals surface area contributed by atoms with Gasteiger partial charge in [0.05, 0.1) is 5.69 Å². The van der Waals surface area contributed by atoms with Gasteiger partial charge in [-0.25, -0.2) is 21.9 Å². The normalized spacial score (nSPS) is 16.4. The third-order valence-electron chi connectivity index (χ3n) is 3.96. The minimum absolute atomic E-state index is 0.00973. The van der Waals surface area contributed by atoms with Crippen molar-refractivity contribution in [2.24, 2.45) is 0 Å². The van der Waals surface area contributed by atoms with Crippen molar-refractivity contribution in [1.29, 1.82) is 0 Å². The number of carbonyl (C=O) groups excluding carboxylic acids is 1. The monoisotopic (exact) mass is 460 g/mol. The zero-order valence-electron chi connectivity index (χ0n) is 14.1. The highest BCUT2D eigenvalue weighted by Crippen LogP contribution is 2.39. The molecule has 0 spiro atoms. The molecule has 0 bridgehead atoms. The second-order valence-electron chi connectivity index (χ2n) is 5.84. The maximum Gasteiger partial charge on any atom is 0.265 e. The lowest BCUT2D eigenvalue weighted by Crippen LogP contribution is -2.37. The highest BCUT2D eigenvalue weighted by Gasteiger charge is 2.32. The Hall–Kier alpha value is -2.04. The van der Waals surface area contributed by atoms with Crippen LogP contribution in [0.2, 0.25) is 0 Å². The summed E-state index contributed by atoms with van der Waals surface area (Å²) in [5, 5.41) is 2.62. The van der Waals surface area contributed by atoms with Crippen molar-refractivity contribution in [2.75, 3.05) is 5.32 Å². The van der Waals surface area contributed by atoms with Gasteiger partial charge in [-0.3, -0.25) is 4.79 Å². The Morgan fingerprint density at radius 2 is 2.00 bits per heavy atom. The van der Waals surface area contributed by atoms with E-state index in [2.05, 4.69) is 26.0 Å². The van der Waals surface area contributed by atoms with E-state index in [-0.39, 0.29) is 34.3 Å². The topological polar surface area (TPSA) is 84.5 Å². The molecule has 1 heterocycles. The summed E-state index contributed by atoms with van der Waals surface area (Å²) in [4.78, 5) is 11.7. The molecule has 27 heavy (non-hydrogen) atoms. The molecule has 0 saturated heterocycles. The number of sulfonamides is 1. The van der Waals surface area contributed by atoms with Crippen LogP contribution in [0.3, 0.4) is 0 Å². The van der Waals surface area contributed by atoms with Crippen LogP contribution in [0.15, 0.2) is 39.7 Å². The minimum atomic E-state index is -4.12. The largest absolute Gasteiger partial charge is 0.477 e. The van der Waals surface area contributed by atoms with E-state index < -0.39 is 27.8 Å². The molecule has 0 saturated carbocycles. The van der Waals surface area contributed by atoms with Gasteiger partial charge in [0.15, 0.2) is 11.9 Å². The molecule has 1 aliphatic heterocycles. The van der Waals surface area contributed by atoms with Gasteiger partial charge >= 0.3 is 0 Å². The molecule has 2 aromatic rings. The first-order valence-electron chi connectivity index (χ1n) is 7.96. The Bertz CT molecular complexity index is 1010. The van der Waals surface area contributed by atoms with Gasteiger partial charge in [-0.2, -0.15) is 0 Å². The van der Waals surface area contributed by atoms with Gasteiger partial charge in [-0.15, -0.1) is 0 Å². The molecule has 1 unspecified atom stereocenters. The molecule has 0 fully saturated rings. The Labute approximate surface area is 163 Å². The summed E-state index contributed by atoms with van der Waals surface area (Å²) in [6.45, 7) is 1.36. The van der Waals surface area contributed by atoms with E-state index in [0.717, 1.165) is 12.1 Å². The van der Waals surface area contributed by atoms with E-state index in [1.165, 1.54) is 12.1 Å². The summed E-state index contributed by atoms with van der Waals surface area (Å²) >= 11 is 3.20. The molecule has 1 atom stereocenters. The summed E-state index contributed by atoms with van der Waals surface area (Å²) in [5.41, 5.74) is 0.205. The molecule has 2 N–H and O–H groups in total. The SMILES string of the molecule is CCC1Oc2c(cc(Br)cc2S(=O)(=O)NCc2ccc(F)cc2F)NC1=O. The number of carbonyl (C=O) groups is 1. The zero-order chi connectivity index (χ0) is 19.8. The fourth-order valence-corrected chi connectivity index (χ4v) is 4.37. The average molecular weight is 461 g/mol. The molecule has 0 aliphatic carbocycles. The molecular weight excluding hydrogens is 446 g/mol. The second kappa shape index (κ2) is 7.53. The molecular formula is C17H15BrF2N2O4S. The number of fused-ring (bicyclic) bond motifs is 1. The van der Waals surface area contributed by atoms with Gasteiger partial charge in [0.1, 0.15) is 16.5 Å². The van der Waals surface area contributed by atoms with Crippen LogP contribution in [0.5, 0.6) is 5.75 Å². The maximum atomic E-state index is 13.8. The molecule has 1 amide bonds. The summed E-state index contributed by atoms with van der Waals surface area (Å²) in [7, 11) is -4.12. The van der Waals surface area contributed by atoms with Crippen molar-refractivity contribution in [3.63, 3.8) is 0 Å². The first-order chi connectivity index (χ1) is 12.7. The molecule has 0 radical (unpaired) electrons. The van der Waals surface area contributed by atoms with Crippen molar-refractivity contribution < 1.29 is 26.7 Å². The highest BCUT2D eigenvalue weighted by atomic mass is 79.9. The van der Waals surface area contributed by atoms with Crippen LogP contribution < -0.4 is 14.8 Å². The number of hydrogen-bond acceptors (Lipinski definition) is 4. The van der Waals surface area contributed by atoms with Crippen LogP contribution in [0.1, 0.15) is 18.9 Å². The predicted molar refractivity (Wildman–Crippen MR) is 97.9 cm³/mol. The lowest BCUT2D eigenvalue weighted by molar-refractivity contribution is -0.123. The van der Waals surface area contributed by atoms with Gasteiger partial charge in [0, 0.05) is 22.6 Å². The van der Waals surface area contributed by atoms with E-state index in [1.807, 2.05) is 0 Å². The van der Waals surface area contributed by atoms with Gasteiger partial charge in [-0.05, 0) is 24.6 Å². The third kappa shape index (κ3) is 4.12. The third-order valence-corrected chi connectivity index (χ3v) is 5.82. The molecule has 0 aromatic heterocycles. The summed E-state index contributed by atoms with van der Waals surface area (Å²) in [6, 6.07) is 5.73. The van der Waals surface area contributed by atoms with Crippen LogP contribution in [0.25, 0.3) is 0 Å². The predicted octanol–water partition coefficient (Wildman–Crippen LogP) is 3.32. The van der Waals surface area contributed by atoms with E-state index in [9.17, 15) is 22.0 Å². The van der Waals surface area contributed by atoms with Crippen molar-refractivity contribution in [2.45, 2.75) is 30.9 Å². The van der Waals surface area contributed by atoms with Crippen LogP contribution in [-0.2, 0) is 21.4 Å². The van der Waals surface area contributed by atoms with Gasteiger partial charge in [0.25, 0.3) is 5.91 Å². The van der Waals surface area contributed by atoms with Crippen LogP contribution in [-0.4, -0.2) is 20.4 Å². The summed E-state index contributed by atoms with van der Waals surface area (Å²) < 4.78 is 60.5. The number of halogens is 3.